The third-order valence-corrected chi connectivity index (χ3v) is 2.32. The highest BCUT2D eigenvalue weighted by Gasteiger charge is 2.25. The van der Waals surface area contributed by atoms with E-state index in [1.807, 2.05) is 18.2 Å². The predicted molar refractivity (Wildman–Crippen MR) is 60.7 cm³/mol. The molecule has 0 atom stereocenters. The zero-order chi connectivity index (χ0) is 12.7. The van der Waals surface area contributed by atoms with Crippen molar-refractivity contribution in [1.29, 1.82) is 0 Å². The topological polar surface area (TPSA) is 35.2 Å². The van der Waals surface area contributed by atoms with Gasteiger partial charge in [0.15, 0.2) is 0 Å². The fourth-order valence-electron chi connectivity index (χ4n) is 1.42. The standard InChI is InChI=1S/C12H16F3NO/c13-12(14,15)7-3-8-17-9-6-10-4-1-2-5-11(10)16/h1-2,4-5H,3,6-9,16H2. The van der Waals surface area contributed by atoms with Crippen molar-refractivity contribution in [2.45, 2.75) is 25.4 Å². The van der Waals surface area contributed by atoms with E-state index in [0.717, 1.165) is 5.56 Å². The van der Waals surface area contributed by atoms with Gasteiger partial charge in [0.05, 0.1) is 6.61 Å². The third-order valence-electron chi connectivity index (χ3n) is 2.32. The van der Waals surface area contributed by atoms with Crippen LogP contribution in [0.2, 0.25) is 0 Å². The van der Waals surface area contributed by atoms with Crippen molar-refractivity contribution in [3.63, 3.8) is 0 Å². The predicted octanol–water partition coefficient (Wildman–Crippen LogP) is 3.17. The van der Waals surface area contributed by atoms with E-state index in [1.165, 1.54) is 0 Å². The minimum Gasteiger partial charge on any atom is -0.399 e. The van der Waals surface area contributed by atoms with Gasteiger partial charge in [0.25, 0.3) is 0 Å². The van der Waals surface area contributed by atoms with Crippen molar-refractivity contribution in [1.82, 2.24) is 0 Å². The van der Waals surface area contributed by atoms with Crippen LogP contribution in [0.25, 0.3) is 0 Å². The molecule has 2 N–H and O–H groups in total. The number of halogens is 3. The van der Waals surface area contributed by atoms with Gasteiger partial charge >= 0.3 is 6.18 Å². The number of nitrogens with two attached hydrogens (primary N) is 1. The number of nitrogen functional groups attached to an aromatic ring is 1. The van der Waals surface area contributed by atoms with Crippen molar-refractivity contribution in [2.75, 3.05) is 18.9 Å². The molecule has 96 valence electrons. The molecule has 0 spiro atoms. The molecule has 0 radical (unpaired) electrons. The Balaban J connectivity index is 2.11. The Morgan fingerprint density at radius 2 is 1.82 bits per heavy atom. The summed E-state index contributed by atoms with van der Waals surface area (Å²) in [4.78, 5) is 0. The van der Waals surface area contributed by atoms with E-state index >= 15 is 0 Å². The normalized spacial score (nSPS) is 11.7. The minimum absolute atomic E-state index is 0.00771. The number of rotatable bonds is 6. The Labute approximate surface area is 98.6 Å². The van der Waals surface area contributed by atoms with Crippen LogP contribution in [0.3, 0.4) is 0 Å². The van der Waals surface area contributed by atoms with Gasteiger partial charge in [0.2, 0.25) is 0 Å². The molecule has 1 rings (SSSR count). The minimum atomic E-state index is -4.09. The summed E-state index contributed by atoms with van der Waals surface area (Å²) in [6.07, 6.45) is -4.25. The van der Waals surface area contributed by atoms with Crippen LogP contribution in [0, 0.1) is 0 Å². The van der Waals surface area contributed by atoms with Gasteiger partial charge in [-0.15, -0.1) is 0 Å². The maximum atomic E-state index is 11.8. The molecular weight excluding hydrogens is 231 g/mol. The van der Waals surface area contributed by atoms with E-state index in [9.17, 15) is 13.2 Å². The van der Waals surface area contributed by atoms with Crippen molar-refractivity contribution in [3.05, 3.63) is 29.8 Å². The summed E-state index contributed by atoms with van der Waals surface area (Å²) in [5.74, 6) is 0. The molecule has 0 aliphatic rings. The molecule has 0 saturated heterocycles. The van der Waals surface area contributed by atoms with Gasteiger partial charge < -0.3 is 10.5 Å². The third kappa shape index (κ3) is 6.16. The zero-order valence-electron chi connectivity index (χ0n) is 9.46. The molecule has 1 aromatic carbocycles. The maximum Gasteiger partial charge on any atom is 0.389 e. The molecule has 0 fully saturated rings. The van der Waals surface area contributed by atoms with Crippen LogP contribution in [0.1, 0.15) is 18.4 Å². The van der Waals surface area contributed by atoms with Crippen LogP contribution in [0.5, 0.6) is 0 Å². The molecule has 0 aliphatic heterocycles. The Kier molecular flexibility index (Phi) is 5.28. The second-order valence-electron chi connectivity index (χ2n) is 3.78. The average Bonchev–Trinajstić information content (AvgIpc) is 2.24. The highest BCUT2D eigenvalue weighted by molar-refractivity contribution is 5.46. The molecule has 0 aliphatic carbocycles. The Morgan fingerprint density at radius 1 is 1.12 bits per heavy atom. The molecule has 0 aromatic heterocycles. The first kappa shape index (κ1) is 13.8. The molecule has 0 bridgehead atoms. The van der Waals surface area contributed by atoms with E-state index in [1.54, 1.807) is 6.07 Å². The van der Waals surface area contributed by atoms with E-state index in [2.05, 4.69) is 0 Å². The number of para-hydroxylation sites is 1. The molecular formula is C12H16F3NO. The summed E-state index contributed by atoms with van der Waals surface area (Å²) >= 11 is 0. The van der Waals surface area contributed by atoms with Crippen LogP contribution in [0.4, 0.5) is 18.9 Å². The summed E-state index contributed by atoms with van der Waals surface area (Å²) in [5, 5.41) is 0. The molecule has 0 heterocycles. The number of ether oxygens (including phenoxy) is 1. The highest BCUT2D eigenvalue weighted by Crippen LogP contribution is 2.21. The first-order valence-electron chi connectivity index (χ1n) is 5.47. The largest absolute Gasteiger partial charge is 0.399 e. The van der Waals surface area contributed by atoms with Crippen molar-refractivity contribution in [3.8, 4) is 0 Å². The molecule has 17 heavy (non-hydrogen) atoms. The van der Waals surface area contributed by atoms with Gasteiger partial charge in [-0.3, -0.25) is 0 Å². The van der Waals surface area contributed by atoms with Crippen LogP contribution < -0.4 is 5.73 Å². The molecule has 1 aromatic rings. The fraction of sp³-hybridized carbons (Fsp3) is 0.500. The first-order valence-corrected chi connectivity index (χ1v) is 5.47. The van der Waals surface area contributed by atoms with Gasteiger partial charge in [-0.1, -0.05) is 18.2 Å². The monoisotopic (exact) mass is 247 g/mol. The Morgan fingerprint density at radius 3 is 2.47 bits per heavy atom. The van der Waals surface area contributed by atoms with Gasteiger partial charge in [-0.25, -0.2) is 0 Å². The van der Waals surface area contributed by atoms with E-state index in [4.69, 9.17) is 10.5 Å². The summed E-state index contributed by atoms with van der Waals surface area (Å²) in [6.45, 7) is 0.526. The zero-order valence-corrected chi connectivity index (χ0v) is 9.46. The van der Waals surface area contributed by atoms with Crippen LogP contribution >= 0.6 is 0 Å². The Bertz CT molecular complexity index is 339. The van der Waals surface area contributed by atoms with Gasteiger partial charge in [0, 0.05) is 18.7 Å². The van der Waals surface area contributed by atoms with Crippen molar-refractivity contribution in [2.24, 2.45) is 0 Å². The van der Waals surface area contributed by atoms with Gasteiger partial charge in [0.1, 0.15) is 0 Å². The second-order valence-corrected chi connectivity index (χ2v) is 3.78. The molecule has 2 nitrogen and oxygen atoms in total. The van der Waals surface area contributed by atoms with E-state index < -0.39 is 12.6 Å². The summed E-state index contributed by atoms with van der Waals surface area (Å²) < 4.78 is 40.6. The quantitative estimate of drug-likeness (QED) is 0.619. The number of anilines is 1. The molecule has 0 amide bonds. The number of hydrogen-bond acceptors (Lipinski definition) is 2. The lowest BCUT2D eigenvalue weighted by molar-refractivity contribution is -0.137. The van der Waals surface area contributed by atoms with Crippen LogP contribution in [0.15, 0.2) is 24.3 Å². The smallest absolute Gasteiger partial charge is 0.389 e. The molecule has 5 heteroatoms. The Hall–Kier alpha value is -1.23. The summed E-state index contributed by atoms with van der Waals surface area (Å²) in [5.41, 5.74) is 7.36. The first-order chi connectivity index (χ1) is 7.99. The van der Waals surface area contributed by atoms with Crippen LogP contribution in [-0.4, -0.2) is 19.4 Å². The van der Waals surface area contributed by atoms with Crippen molar-refractivity contribution >= 4 is 5.69 Å². The highest BCUT2D eigenvalue weighted by atomic mass is 19.4. The average molecular weight is 247 g/mol. The fourth-order valence-corrected chi connectivity index (χ4v) is 1.42. The van der Waals surface area contributed by atoms with Crippen LogP contribution in [-0.2, 0) is 11.2 Å². The van der Waals surface area contributed by atoms with Gasteiger partial charge in [-0.05, 0) is 24.5 Å². The lowest BCUT2D eigenvalue weighted by Gasteiger charge is -2.08. The maximum absolute atomic E-state index is 11.8. The molecule has 0 saturated carbocycles. The lowest BCUT2D eigenvalue weighted by Crippen LogP contribution is -2.09. The van der Waals surface area contributed by atoms with E-state index in [0.29, 0.717) is 18.7 Å². The van der Waals surface area contributed by atoms with Crippen molar-refractivity contribution < 1.29 is 17.9 Å². The SMILES string of the molecule is Nc1ccccc1CCOCCCC(F)(F)F. The number of hydrogen-bond donors (Lipinski definition) is 1. The molecule has 0 unspecified atom stereocenters. The number of alkyl halides is 3. The lowest BCUT2D eigenvalue weighted by atomic mass is 10.1. The summed E-state index contributed by atoms with van der Waals surface area (Å²) in [7, 11) is 0. The van der Waals surface area contributed by atoms with E-state index in [-0.39, 0.29) is 13.0 Å². The number of benzene rings is 1. The second kappa shape index (κ2) is 6.49. The van der Waals surface area contributed by atoms with Gasteiger partial charge in [-0.2, -0.15) is 13.2 Å². The summed E-state index contributed by atoms with van der Waals surface area (Å²) in [6, 6.07) is 7.38.